The molecule has 0 saturated heterocycles. The summed E-state index contributed by atoms with van der Waals surface area (Å²) in [6, 6.07) is 0. The molecule has 0 aliphatic rings. The second-order valence-corrected chi connectivity index (χ2v) is 3.15. The molecule has 0 aromatic carbocycles. The maximum absolute atomic E-state index is 12.5. The Bertz CT molecular complexity index is 206. The molecule has 1 N–H and O–H groups in total. The first-order chi connectivity index (χ1) is 4.95. The molecule has 0 aliphatic heterocycles. The van der Waals surface area contributed by atoms with Crippen molar-refractivity contribution in [2.45, 2.75) is 13.0 Å². The van der Waals surface area contributed by atoms with Crippen molar-refractivity contribution >= 4 is 15.9 Å². The van der Waals surface area contributed by atoms with Crippen LogP contribution in [0.1, 0.15) is 6.92 Å². The molecule has 1 unspecified atom stereocenters. The van der Waals surface area contributed by atoms with Crippen molar-refractivity contribution in [2.75, 3.05) is 0 Å². The summed E-state index contributed by atoms with van der Waals surface area (Å²) in [5.41, 5.74) is 0.145. The minimum Gasteiger partial charge on any atom is -0.389 e. The van der Waals surface area contributed by atoms with Gasteiger partial charge in [0.05, 0.1) is 6.10 Å². The van der Waals surface area contributed by atoms with Gasteiger partial charge < -0.3 is 5.11 Å². The summed E-state index contributed by atoms with van der Waals surface area (Å²) in [5, 5.41) is 9.00. The Kier molecular flexibility index (Phi) is 4.30. The zero-order chi connectivity index (χ0) is 9.02. The average molecular weight is 221 g/mol. The normalized spacial score (nSPS) is 14.4. The zero-order valence-electron chi connectivity index (χ0n) is 6.27. The number of halogens is 2. The molecule has 0 aliphatic carbocycles. The van der Waals surface area contributed by atoms with Gasteiger partial charge in [0, 0.05) is 10.1 Å². The van der Waals surface area contributed by atoms with Crippen molar-refractivity contribution in [3.8, 4) is 0 Å². The molecule has 0 amide bonds. The molecule has 0 rings (SSSR count). The average Bonchev–Trinajstić information content (AvgIpc) is 1.81. The second-order valence-electron chi connectivity index (χ2n) is 2.13. The van der Waals surface area contributed by atoms with Crippen molar-refractivity contribution in [3.63, 3.8) is 0 Å². The predicted octanol–water partition coefficient (Wildman–Crippen LogP) is 2.69. The summed E-state index contributed by atoms with van der Waals surface area (Å²) in [6.45, 7) is 8.02. The van der Waals surface area contributed by atoms with Gasteiger partial charge in [0.15, 0.2) is 0 Å². The summed E-state index contributed by atoms with van der Waals surface area (Å²) >= 11 is 3.02. The molecular weight excluding hydrogens is 211 g/mol. The van der Waals surface area contributed by atoms with E-state index in [9.17, 15) is 4.39 Å². The van der Waals surface area contributed by atoms with Gasteiger partial charge in [0.2, 0.25) is 0 Å². The van der Waals surface area contributed by atoms with E-state index in [-0.39, 0.29) is 5.57 Å². The van der Waals surface area contributed by atoms with Gasteiger partial charge in [0.25, 0.3) is 0 Å². The highest BCUT2D eigenvalue weighted by Gasteiger charge is 2.07. The van der Waals surface area contributed by atoms with Gasteiger partial charge in [-0.15, -0.1) is 0 Å². The molecule has 0 aromatic rings. The molecule has 0 aromatic heterocycles. The first kappa shape index (κ1) is 10.6. The molecule has 1 atom stereocenters. The first-order valence-corrected chi connectivity index (χ1v) is 3.83. The Morgan fingerprint density at radius 1 is 1.64 bits per heavy atom. The van der Waals surface area contributed by atoms with Crippen molar-refractivity contribution < 1.29 is 9.50 Å². The molecule has 0 radical (unpaired) electrons. The number of hydrogen-bond acceptors (Lipinski definition) is 1. The van der Waals surface area contributed by atoms with Crippen LogP contribution in [0.3, 0.4) is 0 Å². The largest absolute Gasteiger partial charge is 0.389 e. The van der Waals surface area contributed by atoms with E-state index in [2.05, 4.69) is 29.1 Å². The Hall–Kier alpha value is -0.410. The monoisotopic (exact) mass is 220 g/mol. The molecule has 11 heavy (non-hydrogen) atoms. The Morgan fingerprint density at radius 2 is 2.09 bits per heavy atom. The van der Waals surface area contributed by atoms with Crippen LogP contribution in [0.15, 0.2) is 35.1 Å². The number of hydrogen-bond donors (Lipinski definition) is 1. The van der Waals surface area contributed by atoms with Gasteiger partial charge in [-0.1, -0.05) is 29.1 Å². The van der Waals surface area contributed by atoms with Gasteiger partial charge in [-0.25, -0.2) is 4.39 Å². The molecule has 0 fully saturated rings. The number of aliphatic hydroxyl groups excluding tert-OH is 1. The smallest absolute Gasteiger partial charge is 0.121 e. The Balaban J connectivity index is 4.60. The topological polar surface area (TPSA) is 20.2 Å². The molecule has 1 nitrogen and oxygen atoms in total. The lowest BCUT2D eigenvalue weighted by atomic mass is 10.1. The minimum atomic E-state index is -0.859. The van der Waals surface area contributed by atoms with E-state index in [4.69, 9.17) is 5.11 Å². The van der Waals surface area contributed by atoms with E-state index in [1.54, 1.807) is 0 Å². The van der Waals surface area contributed by atoms with Gasteiger partial charge in [-0.2, -0.15) is 0 Å². The van der Waals surface area contributed by atoms with Gasteiger partial charge in [-0.3, -0.25) is 0 Å². The van der Waals surface area contributed by atoms with Crippen LogP contribution in [0.25, 0.3) is 0 Å². The maximum atomic E-state index is 12.5. The SMILES string of the molecule is C=C(Br)/C=C(\C(=C)F)C(C)O. The number of rotatable bonds is 3. The molecule has 0 saturated carbocycles. The number of allylic oxidation sites excluding steroid dienone is 2. The lowest BCUT2D eigenvalue weighted by Crippen LogP contribution is -2.04. The Morgan fingerprint density at radius 3 is 2.18 bits per heavy atom. The third-order valence-corrected chi connectivity index (χ3v) is 1.30. The van der Waals surface area contributed by atoms with E-state index in [1.165, 1.54) is 13.0 Å². The van der Waals surface area contributed by atoms with Gasteiger partial charge in [0.1, 0.15) is 5.83 Å². The summed E-state index contributed by atoms with van der Waals surface area (Å²) < 4.78 is 13.0. The van der Waals surface area contributed by atoms with Crippen molar-refractivity contribution in [2.24, 2.45) is 0 Å². The highest BCUT2D eigenvalue weighted by atomic mass is 79.9. The van der Waals surface area contributed by atoms with Crippen LogP contribution in [-0.4, -0.2) is 11.2 Å². The quantitative estimate of drug-likeness (QED) is 0.726. The summed E-state index contributed by atoms with van der Waals surface area (Å²) in [4.78, 5) is 0. The predicted molar refractivity (Wildman–Crippen MR) is 48.1 cm³/mol. The Labute approximate surface area is 74.1 Å². The highest BCUT2D eigenvalue weighted by molar-refractivity contribution is 9.11. The third-order valence-electron chi connectivity index (χ3n) is 1.08. The molecule has 62 valence electrons. The summed E-state index contributed by atoms with van der Waals surface area (Å²) in [7, 11) is 0. The molecule has 0 bridgehead atoms. The van der Waals surface area contributed by atoms with E-state index in [1.807, 2.05) is 0 Å². The third kappa shape index (κ3) is 4.11. The van der Waals surface area contributed by atoms with Gasteiger partial charge >= 0.3 is 0 Å². The lowest BCUT2D eigenvalue weighted by molar-refractivity contribution is 0.229. The number of aliphatic hydroxyl groups is 1. The molecule has 0 heterocycles. The highest BCUT2D eigenvalue weighted by Crippen LogP contribution is 2.17. The summed E-state index contributed by atoms with van der Waals surface area (Å²) in [5.74, 6) is -0.638. The molecule has 0 spiro atoms. The van der Waals surface area contributed by atoms with E-state index < -0.39 is 11.9 Å². The fraction of sp³-hybridized carbons (Fsp3) is 0.250. The van der Waals surface area contributed by atoms with Gasteiger partial charge in [-0.05, 0) is 13.0 Å². The van der Waals surface area contributed by atoms with Crippen LogP contribution in [0.2, 0.25) is 0 Å². The van der Waals surface area contributed by atoms with Crippen LogP contribution in [0.4, 0.5) is 4.39 Å². The second kappa shape index (κ2) is 4.46. The van der Waals surface area contributed by atoms with Crippen LogP contribution in [-0.2, 0) is 0 Å². The fourth-order valence-electron chi connectivity index (χ4n) is 0.594. The van der Waals surface area contributed by atoms with Crippen molar-refractivity contribution in [1.29, 1.82) is 0 Å². The standard InChI is InChI=1S/C8H10BrFO/c1-5(9)4-8(6(2)10)7(3)11/h4,7,11H,1-2H2,3H3/b8-4+. The van der Waals surface area contributed by atoms with E-state index in [0.717, 1.165) is 0 Å². The van der Waals surface area contributed by atoms with E-state index >= 15 is 0 Å². The maximum Gasteiger partial charge on any atom is 0.121 e. The zero-order valence-corrected chi connectivity index (χ0v) is 7.86. The minimum absolute atomic E-state index is 0.145. The van der Waals surface area contributed by atoms with Crippen molar-refractivity contribution in [1.82, 2.24) is 0 Å². The van der Waals surface area contributed by atoms with Crippen molar-refractivity contribution in [3.05, 3.63) is 35.1 Å². The summed E-state index contributed by atoms with van der Waals surface area (Å²) in [6.07, 6.45) is 0.536. The van der Waals surface area contributed by atoms with Crippen LogP contribution >= 0.6 is 15.9 Å². The fourth-order valence-corrected chi connectivity index (χ4v) is 0.841. The van der Waals surface area contributed by atoms with Crippen LogP contribution < -0.4 is 0 Å². The van der Waals surface area contributed by atoms with Crippen LogP contribution in [0.5, 0.6) is 0 Å². The molecular formula is C8H10BrFO. The molecule has 3 heteroatoms. The van der Waals surface area contributed by atoms with E-state index in [0.29, 0.717) is 4.48 Å². The first-order valence-electron chi connectivity index (χ1n) is 3.04. The van der Waals surface area contributed by atoms with Crippen LogP contribution in [0, 0.1) is 0 Å². The lowest BCUT2D eigenvalue weighted by Gasteiger charge is -2.06.